The summed E-state index contributed by atoms with van der Waals surface area (Å²) >= 11 is 0. The Hall–Kier alpha value is -3.75. The standard InChI is InChI=1S/C31H43N7O3Si/c1-20-14-25(37(9)36-20)35-27-33-13-12-24(34-27)21-15-22(17-32)26-23(16-21)31(8,19-40-42(10,11)30(5,6)7)18-38(26)28(39)41-29(2,3)4/h12-16H,18-19H2,1-11H3,(H,33,34,35)/t31-/m0/s1. The van der Waals surface area contributed by atoms with Crippen molar-refractivity contribution in [3.8, 4) is 17.3 Å². The van der Waals surface area contributed by atoms with Gasteiger partial charge in [0.15, 0.2) is 8.32 Å². The van der Waals surface area contributed by atoms with E-state index in [0.717, 1.165) is 22.6 Å². The molecule has 0 bridgehead atoms. The number of carbonyl (C=O) groups excluding carboxylic acids is 1. The molecule has 1 aromatic carbocycles. The smallest absolute Gasteiger partial charge is 0.414 e. The van der Waals surface area contributed by atoms with E-state index >= 15 is 0 Å². The van der Waals surface area contributed by atoms with Crippen molar-refractivity contribution in [2.75, 3.05) is 23.4 Å². The number of anilines is 3. The van der Waals surface area contributed by atoms with E-state index in [9.17, 15) is 10.1 Å². The highest BCUT2D eigenvalue weighted by Crippen LogP contribution is 2.47. The van der Waals surface area contributed by atoms with Gasteiger partial charge in [0.05, 0.1) is 22.6 Å². The molecule has 3 aromatic rings. The highest BCUT2D eigenvalue weighted by atomic mass is 28.4. The van der Waals surface area contributed by atoms with Gasteiger partial charge in [0.25, 0.3) is 0 Å². The molecule has 0 radical (unpaired) electrons. The topological polar surface area (TPSA) is 118 Å². The van der Waals surface area contributed by atoms with Crippen LogP contribution in [-0.2, 0) is 21.6 Å². The second-order valence-corrected chi connectivity index (χ2v) is 18.7. The number of fused-ring (bicyclic) bond motifs is 1. The van der Waals surface area contributed by atoms with Crippen molar-refractivity contribution in [2.24, 2.45) is 7.05 Å². The van der Waals surface area contributed by atoms with Crippen molar-refractivity contribution in [1.82, 2.24) is 19.7 Å². The molecule has 4 rings (SSSR count). The predicted octanol–water partition coefficient (Wildman–Crippen LogP) is 6.84. The Morgan fingerprint density at radius 3 is 2.45 bits per heavy atom. The maximum absolute atomic E-state index is 13.5. The van der Waals surface area contributed by atoms with E-state index in [2.05, 4.69) is 62.3 Å². The number of benzene rings is 1. The van der Waals surface area contributed by atoms with Gasteiger partial charge in [0.1, 0.15) is 17.5 Å². The third-order valence-corrected chi connectivity index (χ3v) is 12.5. The largest absolute Gasteiger partial charge is 0.443 e. The van der Waals surface area contributed by atoms with E-state index in [0.29, 0.717) is 36.0 Å². The Morgan fingerprint density at radius 1 is 1.19 bits per heavy atom. The van der Waals surface area contributed by atoms with Crippen LogP contribution in [0.15, 0.2) is 30.5 Å². The number of rotatable bonds is 6. The van der Waals surface area contributed by atoms with Crippen LogP contribution in [0.2, 0.25) is 18.1 Å². The van der Waals surface area contributed by atoms with Crippen LogP contribution in [0.5, 0.6) is 0 Å². The lowest BCUT2D eigenvalue weighted by Gasteiger charge is -2.39. The van der Waals surface area contributed by atoms with E-state index in [1.807, 2.05) is 52.9 Å². The molecular weight excluding hydrogens is 546 g/mol. The number of aryl methyl sites for hydroxylation is 2. The molecule has 0 spiro atoms. The van der Waals surface area contributed by atoms with E-state index < -0.39 is 25.4 Å². The van der Waals surface area contributed by atoms with Crippen LogP contribution in [0, 0.1) is 18.3 Å². The average molecular weight is 590 g/mol. The van der Waals surface area contributed by atoms with Crippen molar-refractivity contribution in [3.63, 3.8) is 0 Å². The highest BCUT2D eigenvalue weighted by molar-refractivity contribution is 6.74. The lowest BCUT2D eigenvalue weighted by molar-refractivity contribution is 0.0575. The molecule has 0 aliphatic carbocycles. The van der Waals surface area contributed by atoms with E-state index in [4.69, 9.17) is 14.1 Å². The van der Waals surface area contributed by atoms with Crippen LogP contribution in [-0.4, -0.2) is 52.9 Å². The van der Waals surface area contributed by atoms with Crippen molar-refractivity contribution < 1.29 is 14.0 Å². The molecule has 42 heavy (non-hydrogen) atoms. The van der Waals surface area contributed by atoms with Gasteiger partial charge in [-0.3, -0.25) is 9.58 Å². The normalized spacial score (nSPS) is 17.1. The zero-order valence-electron chi connectivity index (χ0n) is 26.7. The summed E-state index contributed by atoms with van der Waals surface area (Å²) in [6, 6.07) is 9.86. The number of nitriles is 1. The second-order valence-electron chi connectivity index (χ2n) is 13.9. The number of ether oxygens (including phenoxy) is 1. The fraction of sp³-hybridized carbons (Fsp3) is 0.516. The van der Waals surface area contributed by atoms with Gasteiger partial charge >= 0.3 is 6.09 Å². The first kappa shape index (κ1) is 31.2. The first-order valence-electron chi connectivity index (χ1n) is 14.2. The number of carbonyl (C=O) groups is 1. The van der Waals surface area contributed by atoms with Gasteiger partial charge in [-0.05, 0) is 69.6 Å². The minimum Gasteiger partial charge on any atom is -0.443 e. The number of hydrogen-bond acceptors (Lipinski definition) is 8. The molecule has 224 valence electrons. The zero-order valence-corrected chi connectivity index (χ0v) is 27.7. The molecule has 0 saturated heterocycles. The summed E-state index contributed by atoms with van der Waals surface area (Å²) < 4.78 is 14.2. The fourth-order valence-corrected chi connectivity index (χ4v) is 5.82. The molecule has 2 aromatic heterocycles. The maximum Gasteiger partial charge on any atom is 0.414 e. The summed E-state index contributed by atoms with van der Waals surface area (Å²) in [5.41, 5.74) is 2.81. The molecule has 0 fully saturated rings. The Kier molecular flexibility index (Phi) is 8.04. The molecule has 3 heterocycles. The number of aromatic nitrogens is 4. The number of nitrogens with one attached hydrogen (secondary N) is 1. The first-order chi connectivity index (χ1) is 19.3. The van der Waals surface area contributed by atoms with Crippen LogP contribution in [0.3, 0.4) is 0 Å². The van der Waals surface area contributed by atoms with E-state index in [1.54, 1.807) is 21.8 Å². The molecule has 1 aliphatic heterocycles. The maximum atomic E-state index is 13.5. The van der Waals surface area contributed by atoms with Gasteiger partial charge in [-0.1, -0.05) is 27.7 Å². The van der Waals surface area contributed by atoms with Gasteiger partial charge in [0.2, 0.25) is 5.95 Å². The number of amides is 1. The number of hydrogen-bond donors (Lipinski definition) is 1. The molecule has 1 atom stereocenters. The predicted molar refractivity (Wildman–Crippen MR) is 167 cm³/mol. The third kappa shape index (κ3) is 6.34. The molecule has 10 nitrogen and oxygen atoms in total. The minimum atomic E-state index is -2.11. The Balaban J connectivity index is 1.80. The fourth-order valence-electron chi connectivity index (χ4n) is 4.71. The molecule has 1 aliphatic rings. The summed E-state index contributed by atoms with van der Waals surface area (Å²) in [7, 11) is -0.262. The van der Waals surface area contributed by atoms with Gasteiger partial charge in [-0.15, -0.1) is 0 Å². The SMILES string of the molecule is Cc1cc(Nc2nccc(-c3cc(C#N)c4c(c3)[C@](C)(CO[Si](C)(C)C(C)(C)C)CN4C(=O)OC(C)(C)C)n2)n(C)n1. The summed E-state index contributed by atoms with van der Waals surface area (Å²) in [6.07, 6.45) is 1.20. The lowest BCUT2D eigenvalue weighted by atomic mass is 9.83. The van der Waals surface area contributed by atoms with Gasteiger partial charge in [-0.2, -0.15) is 10.4 Å². The van der Waals surface area contributed by atoms with Crippen LogP contribution in [0.4, 0.5) is 22.2 Å². The molecular formula is C31H43N7O3Si. The van der Waals surface area contributed by atoms with Crippen molar-refractivity contribution in [2.45, 2.75) is 84.5 Å². The Morgan fingerprint density at radius 2 is 1.88 bits per heavy atom. The molecule has 0 unspecified atom stereocenters. The van der Waals surface area contributed by atoms with Gasteiger partial charge < -0.3 is 14.5 Å². The molecule has 11 heteroatoms. The lowest BCUT2D eigenvalue weighted by Crippen LogP contribution is -2.46. The van der Waals surface area contributed by atoms with E-state index in [-0.39, 0.29) is 5.04 Å². The molecule has 1 amide bonds. The summed E-state index contributed by atoms with van der Waals surface area (Å²) in [5, 5.41) is 17.9. The third-order valence-electron chi connectivity index (χ3n) is 8.02. The first-order valence-corrected chi connectivity index (χ1v) is 17.1. The van der Waals surface area contributed by atoms with Crippen molar-refractivity contribution in [3.05, 3.63) is 47.3 Å². The molecule has 0 saturated carbocycles. The minimum absolute atomic E-state index is 0.0199. The second kappa shape index (κ2) is 10.8. The summed E-state index contributed by atoms with van der Waals surface area (Å²) in [6.45, 7) is 21.3. The number of nitrogens with zero attached hydrogens (tertiary/aromatic N) is 6. The van der Waals surface area contributed by atoms with E-state index in [1.165, 1.54) is 0 Å². The summed E-state index contributed by atoms with van der Waals surface area (Å²) in [4.78, 5) is 24.2. The van der Waals surface area contributed by atoms with Gasteiger partial charge in [-0.25, -0.2) is 14.8 Å². The Bertz CT molecular complexity index is 1550. The summed E-state index contributed by atoms with van der Waals surface area (Å²) in [5.74, 6) is 1.17. The van der Waals surface area contributed by atoms with Crippen LogP contribution in [0.25, 0.3) is 11.3 Å². The van der Waals surface area contributed by atoms with Crippen LogP contribution < -0.4 is 10.2 Å². The van der Waals surface area contributed by atoms with Crippen molar-refractivity contribution >= 4 is 31.9 Å². The zero-order chi connectivity index (χ0) is 31.3. The van der Waals surface area contributed by atoms with Gasteiger partial charge in [0, 0.05) is 43.4 Å². The highest BCUT2D eigenvalue weighted by Gasteiger charge is 2.47. The monoisotopic (exact) mass is 589 g/mol. The van der Waals surface area contributed by atoms with Crippen LogP contribution in [0.1, 0.15) is 65.3 Å². The quantitative estimate of drug-likeness (QED) is 0.311. The molecule has 1 N–H and O–H groups in total. The van der Waals surface area contributed by atoms with Crippen molar-refractivity contribution in [1.29, 1.82) is 5.26 Å². The Labute approximate surface area is 250 Å². The van der Waals surface area contributed by atoms with Crippen LogP contribution >= 0.6 is 0 Å². The average Bonchev–Trinajstić information content (AvgIpc) is 3.36.